The van der Waals surface area contributed by atoms with Crippen molar-refractivity contribution in [2.45, 2.75) is 45.4 Å². The van der Waals surface area contributed by atoms with Gasteiger partial charge in [0.25, 0.3) is 0 Å². The number of benzene rings is 1. The van der Waals surface area contributed by atoms with Crippen molar-refractivity contribution in [1.82, 2.24) is 5.43 Å². The standard InChI is InChI=1S/C15H24N2O2/c1-2-3-4-5-6-10-13-19-15(18)17-16-14-11-8-7-9-12-14/h7-9,11-12,16H,2-6,10,13H2,1H3,(H,17,18). The number of hydrogen-bond donors (Lipinski definition) is 2. The lowest BCUT2D eigenvalue weighted by molar-refractivity contribution is 0.146. The fourth-order valence-corrected chi connectivity index (χ4v) is 1.73. The van der Waals surface area contributed by atoms with E-state index in [1.165, 1.54) is 25.7 Å². The summed E-state index contributed by atoms with van der Waals surface area (Å²) in [5, 5.41) is 0. The zero-order valence-electron chi connectivity index (χ0n) is 11.7. The van der Waals surface area contributed by atoms with Crippen molar-refractivity contribution in [3.05, 3.63) is 30.3 Å². The smallest absolute Gasteiger partial charge is 0.425 e. The van der Waals surface area contributed by atoms with Gasteiger partial charge < -0.3 is 4.74 Å². The van der Waals surface area contributed by atoms with Crippen molar-refractivity contribution in [2.24, 2.45) is 0 Å². The van der Waals surface area contributed by atoms with Gasteiger partial charge in [-0.25, -0.2) is 10.2 Å². The molecule has 0 spiro atoms. The summed E-state index contributed by atoms with van der Waals surface area (Å²) in [6, 6.07) is 9.45. The number of para-hydroxylation sites is 1. The Balaban J connectivity index is 1.96. The van der Waals surface area contributed by atoms with Crippen molar-refractivity contribution >= 4 is 11.8 Å². The SMILES string of the molecule is CCCCCCCCOC(=O)NNc1ccccc1. The van der Waals surface area contributed by atoms with Crippen LogP contribution in [0.1, 0.15) is 45.4 Å². The molecule has 1 aromatic carbocycles. The number of unbranched alkanes of at least 4 members (excludes halogenated alkanes) is 5. The van der Waals surface area contributed by atoms with E-state index in [1.54, 1.807) is 0 Å². The van der Waals surface area contributed by atoms with Gasteiger partial charge in [-0.15, -0.1) is 0 Å². The van der Waals surface area contributed by atoms with Crippen LogP contribution in [-0.2, 0) is 4.74 Å². The maximum atomic E-state index is 11.4. The number of hydrogen-bond acceptors (Lipinski definition) is 3. The second-order valence-electron chi connectivity index (χ2n) is 4.52. The van der Waals surface area contributed by atoms with Gasteiger partial charge in [0.1, 0.15) is 0 Å². The molecule has 1 rings (SSSR count). The van der Waals surface area contributed by atoms with Crippen molar-refractivity contribution in [3.63, 3.8) is 0 Å². The minimum Gasteiger partial charge on any atom is -0.448 e. The van der Waals surface area contributed by atoms with Crippen LogP contribution in [0.3, 0.4) is 0 Å². The average Bonchev–Trinajstić information content (AvgIpc) is 2.45. The van der Waals surface area contributed by atoms with Crippen LogP contribution >= 0.6 is 0 Å². The molecular weight excluding hydrogens is 240 g/mol. The third kappa shape index (κ3) is 8.08. The number of carbonyl (C=O) groups is 1. The molecule has 0 aliphatic heterocycles. The van der Waals surface area contributed by atoms with E-state index in [2.05, 4.69) is 17.8 Å². The van der Waals surface area contributed by atoms with Crippen molar-refractivity contribution < 1.29 is 9.53 Å². The molecule has 0 heterocycles. The molecule has 19 heavy (non-hydrogen) atoms. The predicted molar refractivity (Wildman–Crippen MR) is 77.9 cm³/mol. The Bertz CT molecular complexity index is 341. The summed E-state index contributed by atoms with van der Waals surface area (Å²) in [4.78, 5) is 11.4. The van der Waals surface area contributed by atoms with Crippen LogP contribution in [0.15, 0.2) is 30.3 Å². The van der Waals surface area contributed by atoms with Gasteiger partial charge in [0.05, 0.1) is 12.3 Å². The molecule has 0 bridgehead atoms. The van der Waals surface area contributed by atoms with E-state index in [0.717, 1.165) is 18.5 Å². The number of hydrazine groups is 1. The lowest BCUT2D eigenvalue weighted by atomic mass is 10.1. The molecule has 0 unspecified atom stereocenters. The molecule has 4 nitrogen and oxygen atoms in total. The second-order valence-corrected chi connectivity index (χ2v) is 4.52. The van der Waals surface area contributed by atoms with E-state index in [0.29, 0.717) is 6.61 Å². The summed E-state index contributed by atoms with van der Waals surface area (Å²) in [6.07, 6.45) is 6.67. The van der Waals surface area contributed by atoms with Gasteiger partial charge in [-0.3, -0.25) is 5.43 Å². The Kier molecular flexibility index (Phi) is 8.27. The number of anilines is 1. The third-order valence-corrected chi connectivity index (χ3v) is 2.81. The highest BCUT2D eigenvalue weighted by Gasteiger charge is 2.00. The first-order chi connectivity index (χ1) is 9.33. The Morgan fingerprint density at radius 2 is 1.74 bits per heavy atom. The first-order valence-electron chi connectivity index (χ1n) is 7.06. The molecule has 106 valence electrons. The molecule has 1 aromatic rings. The van der Waals surface area contributed by atoms with Crippen LogP contribution in [0.4, 0.5) is 10.5 Å². The van der Waals surface area contributed by atoms with E-state index < -0.39 is 6.09 Å². The van der Waals surface area contributed by atoms with E-state index in [-0.39, 0.29) is 0 Å². The maximum absolute atomic E-state index is 11.4. The Morgan fingerprint density at radius 1 is 1.05 bits per heavy atom. The Hall–Kier alpha value is -1.71. The molecule has 4 heteroatoms. The van der Waals surface area contributed by atoms with Gasteiger partial charge in [0.15, 0.2) is 0 Å². The van der Waals surface area contributed by atoms with Crippen LogP contribution < -0.4 is 10.9 Å². The van der Waals surface area contributed by atoms with Crippen LogP contribution in [0.25, 0.3) is 0 Å². The molecule has 0 atom stereocenters. The van der Waals surface area contributed by atoms with Gasteiger partial charge in [-0.05, 0) is 18.6 Å². The minimum absolute atomic E-state index is 0.433. The Labute approximate surface area is 115 Å². The normalized spacial score (nSPS) is 9.95. The summed E-state index contributed by atoms with van der Waals surface area (Å²) in [5.74, 6) is 0. The molecule has 0 aliphatic carbocycles. The zero-order chi connectivity index (χ0) is 13.8. The van der Waals surface area contributed by atoms with Crippen molar-refractivity contribution in [3.8, 4) is 0 Å². The highest BCUT2D eigenvalue weighted by Crippen LogP contribution is 2.05. The summed E-state index contributed by atoms with van der Waals surface area (Å²) in [6.45, 7) is 2.68. The largest absolute Gasteiger partial charge is 0.448 e. The van der Waals surface area contributed by atoms with E-state index in [4.69, 9.17) is 4.74 Å². The molecule has 0 fully saturated rings. The fraction of sp³-hybridized carbons (Fsp3) is 0.533. The average molecular weight is 264 g/mol. The fourth-order valence-electron chi connectivity index (χ4n) is 1.73. The topological polar surface area (TPSA) is 50.4 Å². The third-order valence-electron chi connectivity index (χ3n) is 2.81. The van der Waals surface area contributed by atoms with Gasteiger partial charge in [0, 0.05) is 0 Å². The molecule has 0 aliphatic rings. The summed E-state index contributed by atoms with van der Waals surface area (Å²) in [5.41, 5.74) is 6.12. The molecule has 0 saturated carbocycles. The molecule has 1 amide bonds. The number of nitrogens with one attached hydrogen (secondary N) is 2. The lowest BCUT2D eigenvalue weighted by Crippen LogP contribution is -2.30. The highest BCUT2D eigenvalue weighted by atomic mass is 16.6. The number of rotatable bonds is 9. The molecule has 0 saturated heterocycles. The molecular formula is C15H24N2O2. The van der Waals surface area contributed by atoms with Gasteiger partial charge in [0.2, 0.25) is 0 Å². The molecule has 2 N–H and O–H groups in total. The quantitative estimate of drug-likeness (QED) is 0.521. The van der Waals surface area contributed by atoms with E-state index in [9.17, 15) is 4.79 Å². The van der Waals surface area contributed by atoms with E-state index in [1.807, 2.05) is 30.3 Å². The lowest BCUT2D eigenvalue weighted by Gasteiger charge is -2.09. The number of carbonyl (C=O) groups excluding carboxylic acids is 1. The Morgan fingerprint density at radius 3 is 2.47 bits per heavy atom. The minimum atomic E-state index is -0.433. The molecule has 0 aromatic heterocycles. The number of amides is 1. The van der Waals surface area contributed by atoms with Crippen LogP contribution in [-0.4, -0.2) is 12.7 Å². The second kappa shape index (κ2) is 10.2. The molecule has 0 radical (unpaired) electrons. The summed E-state index contributed by atoms with van der Waals surface area (Å²) in [7, 11) is 0. The monoisotopic (exact) mass is 264 g/mol. The van der Waals surface area contributed by atoms with Gasteiger partial charge in [-0.1, -0.05) is 57.2 Å². The predicted octanol–water partition coefficient (Wildman–Crippen LogP) is 4.10. The zero-order valence-corrected chi connectivity index (χ0v) is 11.7. The highest BCUT2D eigenvalue weighted by molar-refractivity contribution is 5.69. The first kappa shape index (κ1) is 15.3. The summed E-state index contributed by atoms with van der Waals surface area (Å²) >= 11 is 0. The van der Waals surface area contributed by atoms with Crippen LogP contribution in [0, 0.1) is 0 Å². The van der Waals surface area contributed by atoms with Gasteiger partial charge in [-0.2, -0.15) is 0 Å². The van der Waals surface area contributed by atoms with E-state index >= 15 is 0 Å². The summed E-state index contributed by atoms with van der Waals surface area (Å²) < 4.78 is 5.06. The van der Waals surface area contributed by atoms with Gasteiger partial charge >= 0.3 is 6.09 Å². The van der Waals surface area contributed by atoms with Crippen molar-refractivity contribution in [1.29, 1.82) is 0 Å². The maximum Gasteiger partial charge on any atom is 0.425 e. The number of ether oxygens (including phenoxy) is 1. The van der Waals surface area contributed by atoms with Crippen LogP contribution in [0.2, 0.25) is 0 Å². The first-order valence-corrected chi connectivity index (χ1v) is 7.06. The van der Waals surface area contributed by atoms with Crippen LogP contribution in [0.5, 0.6) is 0 Å². The van der Waals surface area contributed by atoms with Crippen molar-refractivity contribution in [2.75, 3.05) is 12.0 Å².